The van der Waals surface area contributed by atoms with Gasteiger partial charge in [0.15, 0.2) is 5.78 Å². The van der Waals surface area contributed by atoms with Gasteiger partial charge in [0.05, 0.1) is 24.1 Å². The largest absolute Gasteiger partial charge is 0.497 e. The molecule has 0 bridgehead atoms. The maximum Gasteiger partial charge on any atom is 0.225 e. The Labute approximate surface area is 209 Å². The third-order valence-corrected chi connectivity index (χ3v) is 7.82. The standard InChI is InChI=1S/C28H28ClN3O3/c1-28(2)12-20(33)23-21(13-28)35-27-24(25(30)16-6-4-5-7-18(16)32-27)22(23)17-10-14-8-9-15(34-3)11-19(14)31-26(17)29/h8-11,22H,4-7,12-13H2,1-3H3,(H2,30,32). The second-order valence-electron chi connectivity index (χ2n) is 10.6. The van der Waals surface area contributed by atoms with Crippen molar-refractivity contribution in [1.29, 1.82) is 0 Å². The number of nitrogens with two attached hydrogens (primary N) is 1. The average Bonchev–Trinajstić information content (AvgIpc) is 2.81. The minimum Gasteiger partial charge on any atom is -0.497 e. The van der Waals surface area contributed by atoms with E-state index in [1.54, 1.807) is 7.11 Å². The second kappa shape index (κ2) is 7.95. The third-order valence-electron chi connectivity index (χ3n) is 7.51. The van der Waals surface area contributed by atoms with Crippen LogP contribution in [0.3, 0.4) is 0 Å². The molecule has 1 atom stereocenters. The van der Waals surface area contributed by atoms with E-state index >= 15 is 0 Å². The Morgan fingerprint density at radius 2 is 1.94 bits per heavy atom. The molecule has 6 nitrogen and oxygen atoms in total. The summed E-state index contributed by atoms with van der Waals surface area (Å²) in [6.45, 7) is 4.18. The number of Topliss-reactive ketones (excluding diaryl/α,β-unsaturated/α-hetero) is 1. The van der Waals surface area contributed by atoms with E-state index in [0.717, 1.165) is 59.0 Å². The van der Waals surface area contributed by atoms with Crippen LogP contribution in [-0.4, -0.2) is 22.9 Å². The number of aromatic nitrogens is 2. The number of pyridine rings is 2. The van der Waals surface area contributed by atoms with Crippen LogP contribution in [0.5, 0.6) is 11.6 Å². The first-order valence-electron chi connectivity index (χ1n) is 12.1. The highest BCUT2D eigenvalue weighted by Crippen LogP contribution is 2.53. The number of halogens is 1. The van der Waals surface area contributed by atoms with Crippen molar-refractivity contribution in [2.45, 2.75) is 58.3 Å². The van der Waals surface area contributed by atoms with Gasteiger partial charge in [-0.2, -0.15) is 0 Å². The van der Waals surface area contributed by atoms with E-state index in [0.29, 0.717) is 46.6 Å². The Morgan fingerprint density at radius 3 is 2.74 bits per heavy atom. The minimum atomic E-state index is -0.469. The van der Waals surface area contributed by atoms with Gasteiger partial charge in [0.1, 0.15) is 16.7 Å². The maximum absolute atomic E-state index is 13.6. The number of benzene rings is 1. The van der Waals surface area contributed by atoms with Gasteiger partial charge in [-0.3, -0.25) is 4.79 Å². The van der Waals surface area contributed by atoms with E-state index in [1.165, 1.54) is 0 Å². The molecule has 7 heteroatoms. The van der Waals surface area contributed by atoms with E-state index < -0.39 is 5.92 Å². The number of allylic oxidation sites excluding steroid dienone is 2. The van der Waals surface area contributed by atoms with Gasteiger partial charge in [0.25, 0.3) is 0 Å². The molecular weight excluding hydrogens is 462 g/mol. The van der Waals surface area contributed by atoms with Crippen LogP contribution in [0, 0.1) is 5.41 Å². The van der Waals surface area contributed by atoms with E-state index in [4.69, 9.17) is 36.8 Å². The molecule has 3 aliphatic rings. The fourth-order valence-electron chi connectivity index (χ4n) is 5.85. The molecule has 0 fully saturated rings. The first kappa shape index (κ1) is 22.4. The molecule has 180 valence electrons. The number of carbonyl (C=O) groups is 1. The number of ketones is 1. The molecule has 6 rings (SSSR count). The summed E-state index contributed by atoms with van der Waals surface area (Å²) in [6.07, 6.45) is 5.02. The summed E-state index contributed by atoms with van der Waals surface area (Å²) >= 11 is 6.84. The molecule has 2 N–H and O–H groups in total. The van der Waals surface area contributed by atoms with Crippen molar-refractivity contribution in [1.82, 2.24) is 9.97 Å². The molecule has 1 aliphatic heterocycles. The lowest BCUT2D eigenvalue weighted by molar-refractivity contribution is -0.118. The fraction of sp³-hybridized carbons (Fsp3) is 0.393. The molecule has 0 saturated heterocycles. The molecule has 1 unspecified atom stereocenters. The first-order valence-corrected chi connectivity index (χ1v) is 12.5. The number of rotatable bonds is 2. The van der Waals surface area contributed by atoms with Gasteiger partial charge in [0.2, 0.25) is 5.88 Å². The number of fused-ring (bicyclic) bond motifs is 3. The summed E-state index contributed by atoms with van der Waals surface area (Å²) in [6, 6.07) is 7.72. The van der Waals surface area contributed by atoms with Crippen LogP contribution in [0.1, 0.15) is 67.8 Å². The lowest BCUT2D eigenvalue weighted by Crippen LogP contribution is -2.34. The number of nitrogen functional groups attached to an aromatic ring is 1. The highest BCUT2D eigenvalue weighted by molar-refractivity contribution is 6.31. The summed E-state index contributed by atoms with van der Waals surface area (Å²) in [5, 5.41) is 1.25. The van der Waals surface area contributed by atoms with Crippen molar-refractivity contribution in [3.05, 3.63) is 63.1 Å². The zero-order valence-electron chi connectivity index (χ0n) is 20.2. The number of nitrogens with zero attached hydrogens (tertiary/aromatic N) is 2. The van der Waals surface area contributed by atoms with Crippen LogP contribution in [0.25, 0.3) is 10.9 Å². The monoisotopic (exact) mass is 489 g/mol. The number of carbonyl (C=O) groups excluding carboxylic acids is 1. The van der Waals surface area contributed by atoms with E-state index in [-0.39, 0.29) is 11.2 Å². The Balaban J connectivity index is 1.62. The second-order valence-corrected chi connectivity index (χ2v) is 11.0. The van der Waals surface area contributed by atoms with Crippen LogP contribution in [0.2, 0.25) is 5.15 Å². The first-order chi connectivity index (χ1) is 16.8. The van der Waals surface area contributed by atoms with Crippen LogP contribution >= 0.6 is 11.6 Å². The predicted octanol–water partition coefficient (Wildman–Crippen LogP) is 5.92. The Kier molecular flexibility index (Phi) is 5.08. The molecule has 3 aromatic rings. The summed E-state index contributed by atoms with van der Waals surface area (Å²) in [4.78, 5) is 23.2. The van der Waals surface area contributed by atoms with Crippen molar-refractivity contribution >= 4 is 34.0 Å². The van der Waals surface area contributed by atoms with E-state index in [2.05, 4.69) is 13.8 Å². The van der Waals surface area contributed by atoms with Gasteiger partial charge in [-0.1, -0.05) is 25.4 Å². The fourth-order valence-corrected chi connectivity index (χ4v) is 6.11. The minimum absolute atomic E-state index is 0.0647. The normalized spacial score (nSPS) is 20.7. The summed E-state index contributed by atoms with van der Waals surface area (Å²) in [5.41, 5.74) is 12.3. The van der Waals surface area contributed by atoms with Crippen molar-refractivity contribution < 1.29 is 14.3 Å². The van der Waals surface area contributed by atoms with Crippen molar-refractivity contribution in [3.8, 4) is 11.6 Å². The number of hydrogen-bond acceptors (Lipinski definition) is 6. The average molecular weight is 490 g/mol. The summed E-state index contributed by atoms with van der Waals surface area (Å²) in [7, 11) is 1.62. The number of hydrogen-bond donors (Lipinski definition) is 1. The summed E-state index contributed by atoms with van der Waals surface area (Å²) < 4.78 is 11.7. The molecule has 1 aromatic carbocycles. The van der Waals surface area contributed by atoms with Crippen molar-refractivity contribution in [2.24, 2.45) is 5.41 Å². The van der Waals surface area contributed by atoms with Crippen LogP contribution < -0.4 is 15.2 Å². The van der Waals surface area contributed by atoms with E-state index in [9.17, 15) is 4.79 Å². The summed E-state index contributed by atoms with van der Waals surface area (Å²) in [5.74, 6) is 1.49. The topological polar surface area (TPSA) is 87.3 Å². The van der Waals surface area contributed by atoms with Crippen LogP contribution in [0.4, 0.5) is 5.69 Å². The zero-order valence-corrected chi connectivity index (χ0v) is 21.0. The molecule has 0 amide bonds. The third kappa shape index (κ3) is 3.57. The SMILES string of the molecule is COc1ccc2cc(C3C4=C(CC(C)(C)CC4=O)Oc4nc5c(c(N)c43)CCCC5)c(Cl)nc2c1. The van der Waals surface area contributed by atoms with Crippen LogP contribution in [0.15, 0.2) is 35.6 Å². The lowest BCUT2D eigenvalue weighted by Gasteiger charge is -2.39. The number of aryl methyl sites for hydroxylation is 1. The molecule has 0 spiro atoms. The Morgan fingerprint density at radius 1 is 1.14 bits per heavy atom. The highest BCUT2D eigenvalue weighted by Gasteiger charge is 2.45. The predicted molar refractivity (Wildman–Crippen MR) is 136 cm³/mol. The molecule has 35 heavy (non-hydrogen) atoms. The molecule has 3 heterocycles. The van der Waals surface area contributed by atoms with Gasteiger partial charge < -0.3 is 15.2 Å². The van der Waals surface area contributed by atoms with Crippen LogP contribution in [-0.2, 0) is 17.6 Å². The number of methoxy groups -OCH3 is 1. The number of anilines is 1. The molecular formula is C28H28ClN3O3. The zero-order chi connectivity index (χ0) is 24.5. The molecule has 2 aliphatic carbocycles. The number of ether oxygens (including phenoxy) is 2. The lowest BCUT2D eigenvalue weighted by atomic mass is 9.70. The Bertz CT molecular complexity index is 1440. The van der Waals surface area contributed by atoms with Gasteiger partial charge >= 0.3 is 0 Å². The maximum atomic E-state index is 13.6. The van der Waals surface area contributed by atoms with Crippen molar-refractivity contribution in [3.63, 3.8) is 0 Å². The van der Waals surface area contributed by atoms with Gasteiger partial charge in [-0.15, -0.1) is 0 Å². The van der Waals surface area contributed by atoms with Gasteiger partial charge in [-0.05, 0) is 54.9 Å². The van der Waals surface area contributed by atoms with Gasteiger partial charge in [0, 0.05) is 46.8 Å². The molecule has 2 aromatic heterocycles. The molecule has 0 radical (unpaired) electrons. The highest BCUT2D eigenvalue weighted by atomic mass is 35.5. The Hall–Kier alpha value is -3.12. The van der Waals surface area contributed by atoms with E-state index in [1.807, 2.05) is 24.3 Å². The van der Waals surface area contributed by atoms with Gasteiger partial charge in [-0.25, -0.2) is 9.97 Å². The quantitative estimate of drug-likeness (QED) is 0.449. The van der Waals surface area contributed by atoms with Crippen molar-refractivity contribution in [2.75, 3.05) is 12.8 Å². The molecule has 0 saturated carbocycles. The smallest absolute Gasteiger partial charge is 0.225 e.